The van der Waals surface area contributed by atoms with Crippen LogP contribution in [0.3, 0.4) is 0 Å². The molecule has 2 N–H and O–H groups in total. The molecule has 1 aromatic carbocycles. The van der Waals surface area contributed by atoms with Crippen LogP contribution in [-0.2, 0) is 4.79 Å². The Morgan fingerprint density at radius 3 is 2.64 bits per heavy atom. The fourth-order valence-electron chi connectivity index (χ4n) is 1.93. The lowest BCUT2D eigenvalue weighted by Gasteiger charge is -2.13. The molecule has 0 atom stereocenters. The SMILES string of the molecule is CCCCOc1c(I)cc(/C=C2\NC(=O)NC2=O)cc1OC. The number of imide groups is 1. The topological polar surface area (TPSA) is 76.7 Å². The number of carbonyl (C=O) groups is 2. The van der Waals surface area contributed by atoms with E-state index in [1.807, 2.05) is 6.07 Å². The summed E-state index contributed by atoms with van der Waals surface area (Å²) < 4.78 is 12.0. The highest BCUT2D eigenvalue weighted by Crippen LogP contribution is 2.34. The van der Waals surface area contributed by atoms with Gasteiger partial charge in [0.05, 0.1) is 17.3 Å². The molecule has 0 unspecified atom stereocenters. The lowest BCUT2D eigenvalue weighted by atomic mass is 10.1. The van der Waals surface area contributed by atoms with Gasteiger partial charge in [-0.25, -0.2) is 4.79 Å². The van der Waals surface area contributed by atoms with Gasteiger partial charge in [0, 0.05) is 0 Å². The third-order valence-corrected chi connectivity index (χ3v) is 3.83. The van der Waals surface area contributed by atoms with Crippen molar-refractivity contribution >= 4 is 40.6 Å². The minimum Gasteiger partial charge on any atom is -0.493 e. The van der Waals surface area contributed by atoms with Gasteiger partial charge >= 0.3 is 6.03 Å². The maximum atomic E-state index is 11.5. The van der Waals surface area contributed by atoms with Crippen molar-refractivity contribution in [3.63, 3.8) is 0 Å². The molecular formula is C15H17IN2O4. The second kappa shape index (κ2) is 7.48. The number of methoxy groups -OCH3 is 1. The molecule has 1 fully saturated rings. The number of amides is 3. The molecular weight excluding hydrogens is 399 g/mol. The molecule has 1 aromatic rings. The van der Waals surface area contributed by atoms with Gasteiger partial charge in [-0.15, -0.1) is 0 Å². The Morgan fingerprint density at radius 2 is 2.05 bits per heavy atom. The number of nitrogens with one attached hydrogen (secondary N) is 2. The molecule has 0 aromatic heterocycles. The zero-order valence-corrected chi connectivity index (χ0v) is 14.5. The minimum absolute atomic E-state index is 0.211. The van der Waals surface area contributed by atoms with E-state index in [-0.39, 0.29) is 5.70 Å². The van der Waals surface area contributed by atoms with E-state index in [4.69, 9.17) is 9.47 Å². The number of ether oxygens (including phenoxy) is 2. The van der Waals surface area contributed by atoms with E-state index >= 15 is 0 Å². The van der Waals surface area contributed by atoms with Gasteiger partial charge in [0.2, 0.25) is 0 Å². The first kappa shape index (κ1) is 16.6. The Bertz CT molecular complexity index is 628. The van der Waals surface area contributed by atoms with Crippen molar-refractivity contribution in [2.45, 2.75) is 19.8 Å². The van der Waals surface area contributed by atoms with Crippen LogP contribution in [0.1, 0.15) is 25.3 Å². The zero-order valence-electron chi connectivity index (χ0n) is 12.4. The van der Waals surface area contributed by atoms with Gasteiger partial charge < -0.3 is 14.8 Å². The van der Waals surface area contributed by atoms with E-state index in [0.29, 0.717) is 18.1 Å². The Kier molecular flexibility index (Phi) is 5.64. The van der Waals surface area contributed by atoms with Crippen LogP contribution in [0.4, 0.5) is 4.79 Å². The van der Waals surface area contributed by atoms with Gasteiger partial charge in [-0.3, -0.25) is 10.1 Å². The first-order chi connectivity index (χ1) is 10.5. The minimum atomic E-state index is -0.516. The number of unbranched alkanes of at least 4 members (excludes halogenated alkanes) is 1. The summed E-state index contributed by atoms with van der Waals surface area (Å²) in [5.74, 6) is 0.848. The summed E-state index contributed by atoms with van der Waals surface area (Å²) in [6.45, 7) is 2.73. The van der Waals surface area contributed by atoms with Crippen LogP contribution in [0.15, 0.2) is 17.8 Å². The van der Waals surface area contributed by atoms with Gasteiger partial charge in [0.15, 0.2) is 11.5 Å². The van der Waals surface area contributed by atoms with Crippen LogP contribution < -0.4 is 20.1 Å². The summed E-state index contributed by atoms with van der Waals surface area (Å²) in [6.07, 6.45) is 3.62. The van der Waals surface area contributed by atoms with E-state index in [9.17, 15) is 9.59 Å². The number of urea groups is 1. The summed E-state index contributed by atoms with van der Waals surface area (Å²) in [6, 6.07) is 3.13. The number of hydrogen-bond donors (Lipinski definition) is 2. The monoisotopic (exact) mass is 416 g/mol. The fourth-order valence-corrected chi connectivity index (χ4v) is 2.71. The highest BCUT2D eigenvalue weighted by Gasteiger charge is 2.23. The Morgan fingerprint density at radius 1 is 1.27 bits per heavy atom. The van der Waals surface area contributed by atoms with E-state index in [2.05, 4.69) is 40.1 Å². The maximum Gasteiger partial charge on any atom is 0.326 e. The van der Waals surface area contributed by atoms with E-state index < -0.39 is 11.9 Å². The highest BCUT2D eigenvalue weighted by molar-refractivity contribution is 14.1. The van der Waals surface area contributed by atoms with Crippen molar-refractivity contribution in [2.75, 3.05) is 13.7 Å². The van der Waals surface area contributed by atoms with Crippen LogP contribution in [0.5, 0.6) is 11.5 Å². The van der Waals surface area contributed by atoms with E-state index in [1.165, 1.54) is 0 Å². The average molecular weight is 416 g/mol. The molecule has 1 heterocycles. The lowest BCUT2D eigenvalue weighted by Crippen LogP contribution is -2.22. The summed E-state index contributed by atoms with van der Waals surface area (Å²) in [7, 11) is 1.57. The van der Waals surface area contributed by atoms with Crippen molar-refractivity contribution in [3.05, 3.63) is 27.0 Å². The zero-order chi connectivity index (χ0) is 16.1. The lowest BCUT2D eigenvalue weighted by molar-refractivity contribution is -0.115. The van der Waals surface area contributed by atoms with Crippen LogP contribution in [-0.4, -0.2) is 25.7 Å². The largest absolute Gasteiger partial charge is 0.493 e. The summed E-state index contributed by atoms with van der Waals surface area (Å²) in [5, 5.41) is 4.61. The molecule has 118 valence electrons. The summed E-state index contributed by atoms with van der Waals surface area (Å²) >= 11 is 2.16. The quantitative estimate of drug-likeness (QED) is 0.324. The Hall–Kier alpha value is -1.77. The predicted octanol–water partition coefficient (Wildman–Crippen LogP) is 2.66. The first-order valence-corrected chi connectivity index (χ1v) is 7.97. The molecule has 0 aliphatic carbocycles. The number of benzene rings is 1. The molecule has 0 radical (unpaired) electrons. The van der Waals surface area contributed by atoms with Gasteiger partial charge in [-0.05, 0) is 52.8 Å². The van der Waals surface area contributed by atoms with Gasteiger partial charge in [0.25, 0.3) is 5.91 Å². The summed E-state index contributed by atoms with van der Waals surface area (Å²) in [4.78, 5) is 22.7. The van der Waals surface area contributed by atoms with Gasteiger partial charge in [0.1, 0.15) is 5.70 Å². The first-order valence-electron chi connectivity index (χ1n) is 6.89. The number of halogens is 1. The molecule has 22 heavy (non-hydrogen) atoms. The van der Waals surface area contributed by atoms with Crippen molar-refractivity contribution in [3.8, 4) is 11.5 Å². The third-order valence-electron chi connectivity index (χ3n) is 3.03. The fraction of sp³-hybridized carbons (Fsp3) is 0.333. The molecule has 0 bridgehead atoms. The Labute approximate surface area is 142 Å². The Balaban J connectivity index is 2.27. The van der Waals surface area contributed by atoms with Crippen LogP contribution in [0, 0.1) is 3.57 Å². The second-order valence-electron chi connectivity index (χ2n) is 4.70. The van der Waals surface area contributed by atoms with Crippen molar-refractivity contribution in [2.24, 2.45) is 0 Å². The second-order valence-corrected chi connectivity index (χ2v) is 5.86. The van der Waals surface area contributed by atoms with Crippen LogP contribution in [0.25, 0.3) is 6.08 Å². The highest BCUT2D eigenvalue weighted by atomic mass is 127. The molecule has 2 rings (SSSR count). The van der Waals surface area contributed by atoms with Crippen molar-refractivity contribution < 1.29 is 19.1 Å². The van der Waals surface area contributed by atoms with Crippen molar-refractivity contribution in [1.82, 2.24) is 10.6 Å². The third kappa shape index (κ3) is 3.90. The van der Waals surface area contributed by atoms with Crippen LogP contribution >= 0.6 is 22.6 Å². The number of rotatable bonds is 6. The predicted molar refractivity (Wildman–Crippen MR) is 90.8 cm³/mol. The van der Waals surface area contributed by atoms with Gasteiger partial charge in [-0.2, -0.15) is 0 Å². The molecule has 3 amide bonds. The number of hydrogen-bond acceptors (Lipinski definition) is 4. The molecule has 1 saturated heterocycles. The normalized spacial score (nSPS) is 15.7. The van der Waals surface area contributed by atoms with Gasteiger partial charge in [-0.1, -0.05) is 13.3 Å². The molecule has 7 heteroatoms. The molecule has 0 spiro atoms. The average Bonchev–Trinajstić information content (AvgIpc) is 2.78. The smallest absolute Gasteiger partial charge is 0.326 e. The van der Waals surface area contributed by atoms with Crippen molar-refractivity contribution in [1.29, 1.82) is 0 Å². The van der Waals surface area contributed by atoms with E-state index in [1.54, 1.807) is 19.3 Å². The molecule has 0 saturated carbocycles. The van der Waals surface area contributed by atoms with E-state index in [0.717, 1.165) is 22.0 Å². The molecule has 6 nitrogen and oxygen atoms in total. The number of carbonyl (C=O) groups excluding carboxylic acids is 2. The molecule has 1 aliphatic rings. The molecule has 1 aliphatic heterocycles. The summed E-state index contributed by atoms with van der Waals surface area (Å²) in [5.41, 5.74) is 0.957. The standard InChI is InChI=1S/C15H17IN2O4/c1-3-4-5-22-13-10(16)6-9(8-12(13)21-2)7-11-14(19)18-15(20)17-11/h6-8H,3-5H2,1-2H3,(H2,17,18,19,20)/b11-7-. The van der Waals surface area contributed by atoms with Crippen LogP contribution in [0.2, 0.25) is 0 Å². The maximum absolute atomic E-state index is 11.5.